The van der Waals surface area contributed by atoms with Crippen LogP contribution in [0.4, 0.5) is 10.6 Å². The summed E-state index contributed by atoms with van der Waals surface area (Å²) in [6, 6.07) is 13.4. The summed E-state index contributed by atoms with van der Waals surface area (Å²) in [6.07, 6.45) is 1.77. The van der Waals surface area contributed by atoms with Gasteiger partial charge in [-0.1, -0.05) is 55.8 Å². The molecule has 0 bridgehead atoms. The quantitative estimate of drug-likeness (QED) is 0.653. The topological polar surface area (TPSA) is 54.5 Å². The molecular weight excluding hydrogens is 386 g/mol. The third kappa shape index (κ3) is 5.86. The number of aromatic nitrogens is 1. The van der Waals surface area contributed by atoms with Crippen LogP contribution in [0.15, 0.2) is 42.5 Å². The molecule has 0 radical (unpaired) electrons. The van der Waals surface area contributed by atoms with Gasteiger partial charge in [-0.05, 0) is 55.4 Å². The van der Waals surface area contributed by atoms with Crippen molar-refractivity contribution in [1.82, 2.24) is 10.3 Å². The molecule has 0 saturated carbocycles. The Hall–Kier alpha value is -2.27. The van der Waals surface area contributed by atoms with Crippen molar-refractivity contribution < 1.29 is 9.53 Å². The first-order chi connectivity index (χ1) is 13.6. The Morgan fingerprint density at radius 3 is 2.52 bits per heavy atom. The molecule has 0 aliphatic carbocycles. The van der Waals surface area contributed by atoms with Gasteiger partial charge in [0.25, 0.3) is 0 Å². The molecule has 1 aliphatic heterocycles. The van der Waals surface area contributed by atoms with Crippen LogP contribution in [0.1, 0.15) is 51.7 Å². The number of rotatable bonds is 5. The normalized spacial score (nSPS) is 16.4. The van der Waals surface area contributed by atoms with Crippen molar-refractivity contribution in [2.45, 2.75) is 52.7 Å². The van der Waals surface area contributed by atoms with E-state index in [1.54, 1.807) is 6.07 Å². The van der Waals surface area contributed by atoms with Gasteiger partial charge in [0.05, 0.1) is 5.54 Å². The summed E-state index contributed by atoms with van der Waals surface area (Å²) < 4.78 is 5.38. The van der Waals surface area contributed by atoms with E-state index in [1.165, 1.54) is 0 Å². The number of amides is 1. The number of nitrogens with zero attached hydrogens (tertiary/aromatic N) is 2. The van der Waals surface area contributed by atoms with E-state index in [-0.39, 0.29) is 6.61 Å². The summed E-state index contributed by atoms with van der Waals surface area (Å²) in [5, 5.41) is 3.37. The number of hydrogen-bond acceptors (Lipinski definition) is 4. The Bertz CT molecular complexity index is 842. The van der Waals surface area contributed by atoms with Crippen molar-refractivity contribution in [3.8, 4) is 0 Å². The van der Waals surface area contributed by atoms with Crippen molar-refractivity contribution in [2.24, 2.45) is 5.41 Å². The molecular formula is C23H30ClN3O2. The van der Waals surface area contributed by atoms with Gasteiger partial charge in [-0.15, -0.1) is 0 Å². The van der Waals surface area contributed by atoms with E-state index in [1.807, 2.05) is 50.2 Å². The number of hydrogen-bond donors (Lipinski definition) is 1. The summed E-state index contributed by atoms with van der Waals surface area (Å²) in [7, 11) is 0. The second kappa shape index (κ2) is 8.62. The number of halogens is 1. The molecule has 3 rings (SSSR count). The standard InChI is InChI=1S/C23H30ClN3O2/c1-22(2)10-12-27(13-11-22)20-15-18(14-19(24)25-20)23(3,4)26-21(28)29-16-17-8-6-5-7-9-17/h5-9,14-15H,10-13,16H2,1-4H3,(H,26,28). The van der Waals surface area contributed by atoms with Gasteiger partial charge in [0, 0.05) is 13.1 Å². The summed E-state index contributed by atoms with van der Waals surface area (Å²) >= 11 is 6.33. The summed E-state index contributed by atoms with van der Waals surface area (Å²) in [6.45, 7) is 10.6. The largest absolute Gasteiger partial charge is 0.445 e. The van der Waals surface area contributed by atoms with Gasteiger partial charge in [-0.3, -0.25) is 0 Å². The third-order valence-corrected chi connectivity index (χ3v) is 5.76. The maximum Gasteiger partial charge on any atom is 0.408 e. The first-order valence-electron chi connectivity index (χ1n) is 10.1. The lowest BCUT2D eigenvalue weighted by Crippen LogP contribution is -2.42. The lowest BCUT2D eigenvalue weighted by Gasteiger charge is -2.38. The molecule has 1 aromatic carbocycles. The Morgan fingerprint density at radius 1 is 1.21 bits per heavy atom. The predicted octanol–water partition coefficient (Wildman–Crippen LogP) is 5.52. The Morgan fingerprint density at radius 2 is 1.86 bits per heavy atom. The molecule has 1 fully saturated rings. The van der Waals surface area contributed by atoms with E-state index in [2.05, 4.69) is 29.0 Å². The van der Waals surface area contributed by atoms with E-state index in [9.17, 15) is 4.79 Å². The van der Waals surface area contributed by atoms with Crippen LogP contribution in [0.2, 0.25) is 5.15 Å². The molecule has 5 nitrogen and oxygen atoms in total. The number of ether oxygens (including phenoxy) is 1. The van der Waals surface area contributed by atoms with E-state index in [0.29, 0.717) is 10.6 Å². The van der Waals surface area contributed by atoms with Gasteiger partial charge in [-0.25, -0.2) is 9.78 Å². The Kier molecular flexibility index (Phi) is 6.37. The third-order valence-electron chi connectivity index (χ3n) is 5.57. The van der Waals surface area contributed by atoms with Crippen molar-refractivity contribution in [1.29, 1.82) is 0 Å². The van der Waals surface area contributed by atoms with Crippen LogP contribution in [0.25, 0.3) is 0 Å². The monoisotopic (exact) mass is 415 g/mol. The number of pyridine rings is 1. The van der Waals surface area contributed by atoms with E-state index >= 15 is 0 Å². The number of carbonyl (C=O) groups excluding carboxylic acids is 1. The maximum atomic E-state index is 12.4. The van der Waals surface area contributed by atoms with Crippen LogP contribution in [0, 0.1) is 5.41 Å². The Labute approximate surface area is 178 Å². The molecule has 1 N–H and O–H groups in total. The number of alkyl carbamates (subject to hydrolysis) is 1. The highest BCUT2D eigenvalue weighted by molar-refractivity contribution is 6.29. The minimum Gasteiger partial charge on any atom is -0.445 e. The van der Waals surface area contributed by atoms with Gasteiger partial charge in [0.15, 0.2) is 0 Å². The minimum atomic E-state index is -0.649. The fraction of sp³-hybridized carbons (Fsp3) is 0.478. The smallest absolute Gasteiger partial charge is 0.408 e. The van der Waals surface area contributed by atoms with Gasteiger partial charge < -0.3 is 15.0 Å². The van der Waals surface area contributed by atoms with Crippen LogP contribution in [0.3, 0.4) is 0 Å². The van der Waals surface area contributed by atoms with Crippen molar-refractivity contribution in [2.75, 3.05) is 18.0 Å². The molecule has 156 valence electrons. The summed E-state index contributed by atoms with van der Waals surface area (Å²) in [5.74, 6) is 0.857. The zero-order valence-corrected chi connectivity index (χ0v) is 18.4. The first-order valence-corrected chi connectivity index (χ1v) is 10.4. The van der Waals surface area contributed by atoms with Crippen LogP contribution in [-0.4, -0.2) is 24.2 Å². The predicted molar refractivity (Wildman–Crippen MR) is 117 cm³/mol. The van der Waals surface area contributed by atoms with E-state index in [0.717, 1.165) is 42.9 Å². The number of piperidine rings is 1. The summed E-state index contributed by atoms with van der Waals surface area (Å²) in [4.78, 5) is 19.1. The van der Waals surface area contributed by atoms with E-state index in [4.69, 9.17) is 16.3 Å². The molecule has 1 aromatic heterocycles. The molecule has 1 saturated heterocycles. The first kappa shape index (κ1) is 21.4. The van der Waals surface area contributed by atoms with Crippen molar-refractivity contribution in [3.05, 3.63) is 58.7 Å². The number of nitrogens with one attached hydrogen (secondary N) is 1. The highest BCUT2D eigenvalue weighted by Crippen LogP contribution is 2.33. The SMILES string of the molecule is CC1(C)CCN(c2cc(C(C)(C)NC(=O)OCc3ccccc3)cc(Cl)n2)CC1. The second-order valence-corrected chi connectivity index (χ2v) is 9.39. The highest BCUT2D eigenvalue weighted by Gasteiger charge is 2.29. The highest BCUT2D eigenvalue weighted by atomic mass is 35.5. The average molecular weight is 416 g/mol. The van der Waals surface area contributed by atoms with Crippen LogP contribution in [-0.2, 0) is 16.9 Å². The molecule has 6 heteroatoms. The fourth-order valence-electron chi connectivity index (χ4n) is 3.43. The van der Waals surface area contributed by atoms with Crippen molar-refractivity contribution in [3.63, 3.8) is 0 Å². The molecule has 1 amide bonds. The molecule has 29 heavy (non-hydrogen) atoms. The molecule has 1 aliphatic rings. The molecule has 2 heterocycles. The number of anilines is 1. The minimum absolute atomic E-state index is 0.231. The van der Waals surface area contributed by atoms with Gasteiger partial charge >= 0.3 is 6.09 Å². The maximum absolute atomic E-state index is 12.4. The lowest BCUT2D eigenvalue weighted by atomic mass is 9.82. The second-order valence-electron chi connectivity index (χ2n) is 9.00. The average Bonchev–Trinajstić information content (AvgIpc) is 2.66. The summed E-state index contributed by atoms with van der Waals surface area (Å²) in [5.41, 5.74) is 1.56. The van der Waals surface area contributed by atoms with Crippen molar-refractivity contribution >= 4 is 23.5 Å². The van der Waals surface area contributed by atoms with Crippen LogP contribution in [0.5, 0.6) is 0 Å². The molecule has 0 spiro atoms. The number of benzene rings is 1. The molecule has 2 aromatic rings. The van der Waals surface area contributed by atoms with Gasteiger partial charge in [0.2, 0.25) is 0 Å². The molecule has 0 atom stereocenters. The van der Waals surface area contributed by atoms with Gasteiger partial charge in [-0.2, -0.15) is 0 Å². The fourth-order valence-corrected chi connectivity index (χ4v) is 3.64. The van der Waals surface area contributed by atoms with Crippen LogP contribution >= 0.6 is 11.6 Å². The lowest BCUT2D eigenvalue weighted by molar-refractivity contribution is 0.129. The van der Waals surface area contributed by atoms with E-state index < -0.39 is 11.6 Å². The number of carbonyl (C=O) groups is 1. The molecule has 0 unspecified atom stereocenters. The zero-order chi connectivity index (χ0) is 21.1. The zero-order valence-electron chi connectivity index (χ0n) is 17.7. The Balaban J connectivity index is 1.68. The van der Waals surface area contributed by atoms with Crippen LogP contribution < -0.4 is 10.2 Å². The van der Waals surface area contributed by atoms with Gasteiger partial charge in [0.1, 0.15) is 17.6 Å².